The number of hydrogen-bond acceptors (Lipinski definition) is 4. The Balaban J connectivity index is 1.48. The molecule has 0 unspecified atom stereocenters. The molecule has 9 heteroatoms. The fourth-order valence-electron chi connectivity index (χ4n) is 3.62. The van der Waals surface area contributed by atoms with Gasteiger partial charge in [-0.15, -0.1) is 10.2 Å². The van der Waals surface area contributed by atoms with Gasteiger partial charge < -0.3 is 14.5 Å². The van der Waals surface area contributed by atoms with Gasteiger partial charge in [-0.3, -0.25) is 4.79 Å². The van der Waals surface area contributed by atoms with Gasteiger partial charge >= 0.3 is 0 Å². The van der Waals surface area contributed by atoms with Crippen molar-refractivity contribution in [1.82, 2.24) is 34.4 Å². The van der Waals surface area contributed by atoms with Crippen molar-refractivity contribution in [3.63, 3.8) is 0 Å². The molecule has 1 aliphatic rings. The summed E-state index contributed by atoms with van der Waals surface area (Å²) in [5, 5.41) is 15.5. The van der Waals surface area contributed by atoms with Gasteiger partial charge in [0, 0.05) is 25.4 Å². The van der Waals surface area contributed by atoms with Crippen LogP contribution in [0.1, 0.15) is 28.4 Å². The molecule has 1 aromatic carbocycles. The standard InChI is InChI=1S/C20H18FN7O/c21-15-6-1-2-7-16(15)28-20(26-9-3-4-10-26)14(12-23-28)19(29)22-13-18-25-24-17-8-5-11-27(17)18/h1-4,6-7,9-10,12H,5,8,11,13H2,(H,22,29). The number of fused-ring (bicyclic) bond motifs is 1. The first-order valence-corrected chi connectivity index (χ1v) is 9.38. The third kappa shape index (κ3) is 3.00. The van der Waals surface area contributed by atoms with Crippen molar-refractivity contribution in [3.05, 3.63) is 78.0 Å². The van der Waals surface area contributed by atoms with Crippen molar-refractivity contribution >= 4 is 5.91 Å². The van der Waals surface area contributed by atoms with E-state index in [0.29, 0.717) is 11.4 Å². The number of rotatable bonds is 5. The van der Waals surface area contributed by atoms with Crippen molar-refractivity contribution < 1.29 is 9.18 Å². The van der Waals surface area contributed by atoms with Crippen LogP contribution < -0.4 is 5.32 Å². The van der Waals surface area contributed by atoms with E-state index < -0.39 is 5.82 Å². The number of aromatic nitrogens is 6. The Morgan fingerprint density at radius 2 is 1.97 bits per heavy atom. The van der Waals surface area contributed by atoms with Crippen LogP contribution in [0.2, 0.25) is 0 Å². The Hall–Kier alpha value is -3.75. The first-order valence-electron chi connectivity index (χ1n) is 9.38. The van der Waals surface area contributed by atoms with Crippen LogP contribution in [0.3, 0.4) is 0 Å². The Morgan fingerprint density at radius 1 is 1.14 bits per heavy atom. The van der Waals surface area contributed by atoms with Crippen molar-refractivity contribution in [2.45, 2.75) is 25.9 Å². The molecule has 0 saturated carbocycles. The van der Waals surface area contributed by atoms with E-state index in [0.717, 1.165) is 31.0 Å². The van der Waals surface area contributed by atoms with Crippen LogP contribution in [0.4, 0.5) is 4.39 Å². The van der Waals surface area contributed by atoms with E-state index in [4.69, 9.17) is 0 Å². The molecule has 0 aliphatic carbocycles. The molecular formula is C20H18FN7O. The van der Waals surface area contributed by atoms with E-state index in [1.54, 1.807) is 35.2 Å². The second-order valence-corrected chi connectivity index (χ2v) is 6.81. The highest BCUT2D eigenvalue weighted by Crippen LogP contribution is 2.22. The second-order valence-electron chi connectivity index (χ2n) is 6.81. The molecule has 8 nitrogen and oxygen atoms in total. The van der Waals surface area contributed by atoms with E-state index in [-0.39, 0.29) is 18.1 Å². The molecule has 0 radical (unpaired) electrons. The van der Waals surface area contributed by atoms with Crippen molar-refractivity contribution in [3.8, 4) is 11.5 Å². The highest BCUT2D eigenvalue weighted by atomic mass is 19.1. The molecule has 0 atom stereocenters. The number of amides is 1. The van der Waals surface area contributed by atoms with Gasteiger partial charge in [0.05, 0.1) is 12.7 Å². The van der Waals surface area contributed by atoms with Gasteiger partial charge in [-0.1, -0.05) is 12.1 Å². The van der Waals surface area contributed by atoms with E-state index in [2.05, 4.69) is 20.6 Å². The molecule has 3 aromatic heterocycles. The largest absolute Gasteiger partial charge is 0.345 e. The average Bonchev–Trinajstić information content (AvgIpc) is 3.50. The molecule has 4 heterocycles. The summed E-state index contributed by atoms with van der Waals surface area (Å²) in [6.45, 7) is 1.13. The molecule has 0 spiro atoms. The highest BCUT2D eigenvalue weighted by molar-refractivity contribution is 5.97. The molecule has 1 amide bonds. The average molecular weight is 391 g/mol. The number of benzene rings is 1. The number of para-hydroxylation sites is 1. The minimum absolute atomic E-state index is 0.266. The van der Waals surface area contributed by atoms with Gasteiger partial charge in [0.1, 0.15) is 22.9 Å². The number of nitrogens with one attached hydrogen (secondary N) is 1. The zero-order valence-electron chi connectivity index (χ0n) is 15.5. The normalized spacial score (nSPS) is 12.9. The number of halogens is 1. The van der Waals surface area contributed by atoms with Crippen molar-refractivity contribution in [2.24, 2.45) is 0 Å². The van der Waals surface area contributed by atoms with Crippen LogP contribution in [-0.2, 0) is 19.5 Å². The summed E-state index contributed by atoms with van der Waals surface area (Å²) < 4.78 is 19.6. The number of hydrogen-bond donors (Lipinski definition) is 1. The van der Waals surface area contributed by atoms with Crippen molar-refractivity contribution in [1.29, 1.82) is 0 Å². The van der Waals surface area contributed by atoms with E-state index in [9.17, 15) is 9.18 Å². The Labute approximate surface area is 165 Å². The Morgan fingerprint density at radius 3 is 2.79 bits per heavy atom. The SMILES string of the molecule is O=C(NCc1nnc2n1CCC2)c1cnn(-c2ccccc2F)c1-n1cccc1. The minimum atomic E-state index is -0.421. The summed E-state index contributed by atoms with van der Waals surface area (Å²) in [6, 6.07) is 9.99. The maximum atomic E-state index is 14.4. The van der Waals surface area contributed by atoms with Gasteiger partial charge in [-0.05, 0) is 30.7 Å². The van der Waals surface area contributed by atoms with Crippen LogP contribution in [0, 0.1) is 5.82 Å². The van der Waals surface area contributed by atoms with E-state index in [1.807, 2.05) is 16.7 Å². The molecule has 0 saturated heterocycles. The second kappa shape index (κ2) is 7.01. The summed E-state index contributed by atoms with van der Waals surface area (Å²) in [5.41, 5.74) is 0.608. The first-order chi connectivity index (χ1) is 14.2. The quantitative estimate of drug-likeness (QED) is 0.566. The third-order valence-electron chi connectivity index (χ3n) is 5.01. The maximum Gasteiger partial charge on any atom is 0.257 e. The van der Waals surface area contributed by atoms with E-state index in [1.165, 1.54) is 16.9 Å². The molecular weight excluding hydrogens is 373 g/mol. The summed E-state index contributed by atoms with van der Waals surface area (Å²) in [4.78, 5) is 13.0. The smallest absolute Gasteiger partial charge is 0.257 e. The molecule has 1 N–H and O–H groups in total. The lowest BCUT2D eigenvalue weighted by atomic mass is 10.2. The summed E-state index contributed by atoms with van der Waals surface area (Å²) in [6.07, 6.45) is 6.98. The lowest BCUT2D eigenvalue weighted by molar-refractivity contribution is 0.0949. The minimum Gasteiger partial charge on any atom is -0.345 e. The number of carbonyl (C=O) groups is 1. The summed E-state index contributed by atoms with van der Waals surface area (Å²) in [5.74, 6) is 1.41. The van der Waals surface area contributed by atoms with Crippen LogP contribution >= 0.6 is 0 Å². The molecule has 4 aromatic rings. The van der Waals surface area contributed by atoms with Gasteiger partial charge in [-0.25, -0.2) is 9.07 Å². The molecule has 29 heavy (non-hydrogen) atoms. The molecule has 0 fully saturated rings. The third-order valence-corrected chi connectivity index (χ3v) is 5.01. The first kappa shape index (κ1) is 17.4. The lowest BCUT2D eigenvalue weighted by Gasteiger charge is -2.12. The number of aryl methyl sites for hydroxylation is 1. The monoisotopic (exact) mass is 391 g/mol. The summed E-state index contributed by atoms with van der Waals surface area (Å²) >= 11 is 0. The van der Waals surface area contributed by atoms with Crippen LogP contribution in [0.5, 0.6) is 0 Å². The topological polar surface area (TPSA) is 82.6 Å². The lowest BCUT2D eigenvalue weighted by Crippen LogP contribution is -2.25. The van der Waals surface area contributed by atoms with Crippen LogP contribution in [0.15, 0.2) is 55.0 Å². The highest BCUT2D eigenvalue weighted by Gasteiger charge is 2.22. The van der Waals surface area contributed by atoms with Crippen LogP contribution in [-0.4, -0.2) is 35.0 Å². The van der Waals surface area contributed by atoms with Gasteiger partial charge in [0.25, 0.3) is 5.91 Å². The Bertz CT molecular complexity index is 1180. The number of carbonyl (C=O) groups excluding carboxylic acids is 1. The number of nitrogens with zero attached hydrogens (tertiary/aromatic N) is 6. The van der Waals surface area contributed by atoms with Gasteiger partial charge in [0.2, 0.25) is 0 Å². The molecule has 1 aliphatic heterocycles. The molecule has 146 valence electrons. The van der Waals surface area contributed by atoms with Gasteiger partial charge in [0.15, 0.2) is 11.6 Å². The fourth-order valence-corrected chi connectivity index (χ4v) is 3.62. The zero-order chi connectivity index (χ0) is 19.8. The predicted molar refractivity (Wildman–Crippen MR) is 102 cm³/mol. The molecule has 0 bridgehead atoms. The fraction of sp³-hybridized carbons (Fsp3) is 0.200. The maximum absolute atomic E-state index is 14.4. The summed E-state index contributed by atoms with van der Waals surface area (Å²) in [7, 11) is 0. The molecule has 5 rings (SSSR count). The van der Waals surface area contributed by atoms with E-state index >= 15 is 0 Å². The van der Waals surface area contributed by atoms with Crippen molar-refractivity contribution in [2.75, 3.05) is 0 Å². The zero-order valence-corrected chi connectivity index (χ0v) is 15.5. The van der Waals surface area contributed by atoms with Gasteiger partial charge in [-0.2, -0.15) is 5.10 Å². The Kier molecular flexibility index (Phi) is 4.19. The van der Waals surface area contributed by atoms with Crippen LogP contribution in [0.25, 0.3) is 11.5 Å². The predicted octanol–water partition coefficient (Wildman–Crippen LogP) is 2.27.